The molecule has 0 amide bonds. The van der Waals surface area contributed by atoms with Gasteiger partial charge in [-0.15, -0.1) is 0 Å². The molecule has 0 unspecified atom stereocenters. The molecule has 4 nitrogen and oxygen atoms in total. The molecule has 8 aromatic rings. The molecule has 0 spiro atoms. The molecule has 0 aliphatic rings. The van der Waals surface area contributed by atoms with Gasteiger partial charge in [0.05, 0.1) is 11.0 Å². The maximum absolute atomic E-state index is 4.98. The monoisotopic (exact) mass is 578 g/mol. The van der Waals surface area contributed by atoms with Crippen molar-refractivity contribution < 1.29 is 0 Å². The summed E-state index contributed by atoms with van der Waals surface area (Å²) < 4.78 is 2.41. The van der Waals surface area contributed by atoms with Crippen molar-refractivity contribution in [3.05, 3.63) is 157 Å². The molecule has 0 bridgehead atoms. The minimum atomic E-state index is 0.661. The molecule has 45 heavy (non-hydrogen) atoms. The van der Waals surface area contributed by atoms with Crippen LogP contribution in [0.5, 0.6) is 0 Å². The second-order valence-corrected chi connectivity index (χ2v) is 11.4. The SMILES string of the molecule is Cc1ccc(-c2cccc3c4ccccc4n(-c4ccc(-c5nc(C)nc(-c6ccccc6)n5)c(-c5ccccc5)c4)c23)cc1. The first-order valence-electron chi connectivity index (χ1n) is 15.2. The fourth-order valence-corrected chi connectivity index (χ4v) is 6.29. The zero-order chi connectivity index (χ0) is 30.3. The van der Waals surface area contributed by atoms with Crippen molar-refractivity contribution in [2.75, 3.05) is 0 Å². The Labute approximate surface area is 262 Å². The first kappa shape index (κ1) is 26.7. The second-order valence-electron chi connectivity index (χ2n) is 11.4. The summed E-state index contributed by atoms with van der Waals surface area (Å²) in [4.78, 5) is 14.5. The number of hydrogen-bond donors (Lipinski definition) is 0. The van der Waals surface area contributed by atoms with Gasteiger partial charge in [-0.05, 0) is 54.8 Å². The fraction of sp³-hybridized carbons (Fsp3) is 0.0488. The summed E-state index contributed by atoms with van der Waals surface area (Å²) in [5, 5.41) is 2.46. The van der Waals surface area contributed by atoms with Gasteiger partial charge in [0, 0.05) is 33.2 Å². The van der Waals surface area contributed by atoms with E-state index in [1.54, 1.807) is 0 Å². The van der Waals surface area contributed by atoms with Crippen molar-refractivity contribution in [1.82, 2.24) is 19.5 Å². The van der Waals surface area contributed by atoms with Gasteiger partial charge in [-0.1, -0.05) is 127 Å². The number of rotatable bonds is 5. The summed E-state index contributed by atoms with van der Waals surface area (Å²) in [6.07, 6.45) is 0. The highest BCUT2D eigenvalue weighted by atomic mass is 15.0. The molecule has 0 saturated carbocycles. The molecule has 0 fully saturated rings. The van der Waals surface area contributed by atoms with E-state index in [-0.39, 0.29) is 0 Å². The Balaban J connectivity index is 1.40. The zero-order valence-electron chi connectivity index (χ0n) is 25.1. The summed E-state index contributed by atoms with van der Waals surface area (Å²) in [5.74, 6) is 2.02. The first-order chi connectivity index (χ1) is 22.1. The Hall–Kier alpha value is -5.87. The van der Waals surface area contributed by atoms with E-state index in [0.717, 1.165) is 27.9 Å². The van der Waals surface area contributed by atoms with Crippen molar-refractivity contribution in [2.24, 2.45) is 0 Å². The van der Waals surface area contributed by atoms with E-state index in [2.05, 4.69) is 132 Å². The molecule has 4 heteroatoms. The van der Waals surface area contributed by atoms with Crippen LogP contribution in [0.15, 0.2) is 146 Å². The van der Waals surface area contributed by atoms with Crippen LogP contribution in [0.4, 0.5) is 0 Å². The average Bonchev–Trinajstić information content (AvgIpc) is 3.44. The van der Waals surface area contributed by atoms with E-state index in [4.69, 9.17) is 9.97 Å². The average molecular weight is 579 g/mol. The van der Waals surface area contributed by atoms with Crippen molar-refractivity contribution in [3.8, 4) is 50.7 Å². The molecular formula is C41H30N4. The van der Waals surface area contributed by atoms with Crippen LogP contribution in [0.25, 0.3) is 72.5 Å². The second kappa shape index (κ2) is 11.0. The van der Waals surface area contributed by atoms with Crippen LogP contribution in [0.3, 0.4) is 0 Å². The number of para-hydroxylation sites is 2. The smallest absolute Gasteiger partial charge is 0.164 e. The van der Waals surface area contributed by atoms with Gasteiger partial charge in [-0.25, -0.2) is 15.0 Å². The highest BCUT2D eigenvalue weighted by molar-refractivity contribution is 6.13. The van der Waals surface area contributed by atoms with E-state index >= 15 is 0 Å². The van der Waals surface area contributed by atoms with Gasteiger partial charge in [-0.3, -0.25) is 0 Å². The normalized spacial score (nSPS) is 11.3. The Morgan fingerprint density at radius 2 is 1.09 bits per heavy atom. The molecule has 8 rings (SSSR count). The molecule has 0 aliphatic heterocycles. The van der Waals surface area contributed by atoms with E-state index < -0.39 is 0 Å². The maximum atomic E-state index is 4.98. The van der Waals surface area contributed by atoms with Crippen molar-refractivity contribution in [1.29, 1.82) is 0 Å². The summed E-state index contributed by atoms with van der Waals surface area (Å²) in [6, 6.07) is 51.4. The van der Waals surface area contributed by atoms with E-state index in [0.29, 0.717) is 17.5 Å². The molecule has 2 aromatic heterocycles. The minimum Gasteiger partial charge on any atom is -0.309 e. The summed E-state index contributed by atoms with van der Waals surface area (Å²) in [6.45, 7) is 4.06. The molecule has 0 saturated heterocycles. The molecule has 2 heterocycles. The highest BCUT2D eigenvalue weighted by Gasteiger charge is 2.19. The standard InChI is InChI=1S/C41H30N4/c1-27-20-22-30(23-21-27)33-17-11-18-35-34-16-9-10-19-38(34)45(39(33)35)32-24-25-36(37(26-32)29-12-5-3-6-13-29)41-43-28(2)42-40(44-41)31-14-7-4-8-15-31/h3-26H,1-2H3. The van der Waals surface area contributed by atoms with Crippen molar-refractivity contribution in [2.45, 2.75) is 13.8 Å². The van der Waals surface area contributed by atoms with Crippen LogP contribution in [0.1, 0.15) is 11.4 Å². The number of benzene rings is 6. The largest absolute Gasteiger partial charge is 0.309 e. The molecule has 0 aliphatic carbocycles. The lowest BCUT2D eigenvalue weighted by Gasteiger charge is -2.16. The topological polar surface area (TPSA) is 43.6 Å². The van der Waals surface area contributed by atoms with E-state index in [1.807, 2.05) is 37.3 Å². The summed E-state index contributed by atoms with van der Waals surface area (Å²) in [5.41, 5.74) is 11.2. The lowest BCUT2D eigenvalue weighted by atomic mass is 9.97. The van der Waals surface area contributed by atoms with Crippen molar-refractivity contribution >= 4 is 21.8 Å². The first-order valence-corrected chi connectivity index (χ1v) is 15.2. The van der Waals surface area contributed by atoms with E-state index in [1.165, 1.54) is 38.5 Å². The number of hydrogen-bond acceptors (Lipinski definition) is 3. The zero-order valence-corrected chi connectivity index (χ0v) is 25.1. The number of fused-ring (bicyclic) bond motifs is 3. The van der Waals surface area contributed by atoms with E-state index in [9.17, 15) is 0 Å². The van der Waals surface area contributed by atoms with Gasteiger partial charge in [0.1, 0.15) is 5.82 Å². The molecule has 6 aromatic carbocycles. The van der Waals surface area contributed by atoms with Gasteiger partial charge in [0.2, 0.25) is 0 Å². The maximum Gasteiger partial charge on any atom is 0.164 e. The van der Waals surface area contributed by atoms with Gasteiger partial charge in [0.15, 0.2) is 11.6 Å². The quantitative estimate of drug-likeness (QED) is 0.204. The molecule has 0 radical (unpaired) electrons. The predicted octanol–water partition coefficient (Wildman–Crippen LogP) is 10.3. The lowest BCUT2D eigenvalue weighted by Crippen LogP contribution is -2.02. The third-order valence-electron chi connectivity index (χ3n) is 8.42. The highest BCUT2D eigenvalue weighted by Crippen LogP contribution is 2.40. The lowest BCUT2D eigenvalue weighted by molar-refractivity contribution is 0.992. The third kappa shape index (κ3) is 4.77. The van der Waals surface area contributed by atoms with Crippen LogP contribution in [0, 0.1) is 13.8 Å². The minimum absolute atomic E-state index is 0.661. The number of aryl methyl sites for hydroxylation is 2. The van der Waals surface area contributed by atoms with Gasteiger partial charge in [-0.2, -0.15) is 0 Å². The fourth-order valence-electron chi connectivity index (χ4n) is 6.29. The Bertz CT molecular complexity index is 2320. The Kier molecular flexibility index (Phi) is 6.54. The van der Waals surface area contributed by atoms with Crippen LogP contribution in [-0.4, -0.2) is 19.5 Å². The Morgan fingerprint density at radius 1 is 0.444 bits per heavy atom. The van der Waals surface area contributed by atoms with Crippen LogP contribution in [0.2, 0.25) is 0 Å². The summed E-state index contributed by atoms with van der Waals surface area (Å²) in [7, 11) is 0. The van der Waals surface area contributed by atoms with Gasteiger partial charge >= 0.3 is 0 Å². The molecular weight excluding hydrogens is 548 g/mol. The molecule has 214 valence electrons. The van der Waals surface area contributed by atoms with Crippen molar-refractivity contribution in [3.63, 3.8) is 0 Å². The van der Waals surface area contributed by atoms with Crippen LogP contribution in [-0.2, 0) is 0 Å². The Morgan fingerprint density at radius 3 is 1.87 bits per heavy atom. The van der Waals surface area contributed by atoms with Gasteiger partial charge in [0.25, 0.3) is 0 Å². The molecule has 0 N–H and O–H groups in total. The van der Waals surface area contributed by atoms with Crippen LogP contribution < -0.4 is 0 Å². The number of nitrogens with zero attached hydrogens (tertiary/aromatic N) is 4. The third-order valence-corrected chi connectivity index (χ3v) is 8.42. The predicted molar refractivity (Wildman–Crippen MR) is 185 cm³/mol. The number of aromatic nitrogens is 4. The molecule has 0 atom stereocenters. The summed E-state index contributed by atoms with van der Waals surface area (Å²) >= 11 is 0. The van der Waals surface area contributed by atoms with Crippen LogP contribution >= 0.6 is 0 Å². The van der Waals surface area contributed by atoms with Gasteiger partial charge < -0.3 is 4.57 Å².